The van der Waals surface area contributed by atoms with Gasteiger partial charge in [-0.05, 0) is 24.0 Å². The van der Waals surface area contributed by atoms with Crippen molar-refractivity contribution >= 4 is 15.9 Å². The Labute approximate surface area is 126 Å². The van der Waals surface area contributed by atoms with Crippen molar-refractivity contribution in [1.82, 2.24) is 15.0 Å². The summed E-state index contributed by atoms with van der Waals surface area (Å²) in [5, 5.41) is 2.94. The molecule has 2 N–H and O–H groups in total. The molecule has 7 heteroatoms. The predicted molar refractivity (Wildman–Crippen MR) is 82.0 cm³/mol. The molecule has 0 bridgehead atoms. The average molecular weight is 313 g/mol. The fourth-order valence-electron chi connectivity index (χ4n) is 1.95. The zero-order chi connectivity index (χ0) is 15.9. The van der Waals surface area contributed by atoms with Crippen LogP contribution in [0.1, 0.15) is 38.3 Å². The third kappa shape index (κ3) is 7.77. The normalized spacial score (nSPS) is 13.1. The first kappa shape index (κ1) is 17.6. The smallest absolute Gasteiger partial charge is 0.221 e. The van der Waals surface area contributed by atoms with E-state index >= 15 is 0 Å². The van der Waals surface area contributed by atoms with E-state index in [1.54, 1.807) is 12.4 Å². The Morgan fingerprint density at radius 3 is 2.62 bits per heavy atom. The van der Waals surface area contributed by atoms with Gasteiger partial charge in [0.1, 0.15) is 0 Å². The van der Waals surface area contributed by atoms with Crippen LogP contribution in [0.5, 0.6) is 0 Å². The fourth-order valence-corrected chi connectivity index (χ4v) is 2.42. The number of amides is 1. The van der Waals surface area contributed by atoms with Crippen molar-refractivity contribution in [2.75, 3.05) is 12.8 Å². The van der Waals surface area contributed by atoms with E-state index in [0.717, 1.165) is 18.2 Å². The minimum atomic E-state index is -3.26. The number of aromatic nitrogens is 1. The van der Waals surface area contributed by atoms with Gasteiger partial charge in [-0.1, -0.05) is 19.9 Å². The Kier molecular flexibility index (Phi) is 6.77. The van der Waals surface area contributed by atoms with Gasteiger partial charge in [-0.25, -0.2) is 13.1 Å². The molecule has 0 radical (unpaired) electrons. The summed E-state index contributed by atoms with van der Waals surface area (Å²) in [4.78, 5) is 16.0. The van der Waals surface area contributed by atoms with E-state index in [4.69, 9.17) is 0 Å². The molecular weight excluding hydrogens is 290 g/mol. The second kappa shape index (κ2) is 8.09. The SMILES string of the molecule is CC(C)CC(NC(=O)CCNS(C)(=O)=O)c1cccnc1. The van der Waals surface area contributed by atoms with Crippen molar-refractivity contribution in [3.8, 4) is 0 Å². The Balaban J connectivity index is 2.59. The molecule has 1 rings (SSSR count). The van der Waals surface area contributed by atoms with Crippen LogP contribution in [0, 0.1) is 5.92 Å². The zero-order valence-electron chi connectivity index (χ0n) is 12.7. The van der Waals surface area contributed by atoms with Gasteiger partial charge in [0.15, 0.2) is 0 Å². The maximum absolute atomic E-state index is 11.9. The quantitative estimate of drug-likeness (QED) is 0.755. The van der Waals surface area contributed by atoms with Gasteiger partial charge in [-0.2, -0.15) is 0 Å². The number of hydrogen-bond donors (Lipinski definition) is 2. The molecule has 1 heterocycles. The van der Waals surface area contributed by atoms with Crippen LogP contribution in [-0.4, -0.2) is 32.1 Å². The third-order valence-corrected chi connectivity index (χ3v) is 3.57. The lowest BCUT2D eigenvalue weighted by Crippen LogP contribution is -2.33. The van der Waals surface area contributed by atoms with Crippen LogP contribution in [-0.2, 0) is 14.8 Å². The monoisotopic (exact) mass is 313 g/mol. The van der Waals surface area contributed by atoms with E-state index in [2.05, 4.69) is 28.9 Å². The second-order valence-corrected chi connectivity index (χ2v) is 7.29. The molecule has 0 aromatic carbocycles. The first-order valence-corrected chi connectivity index (χ1v) is 8.81. The van der Waals surface area contributed by atoms with Crippen molar-refractivity contribution in [2.45, 2.75) is 32.7 Å². The van der Waals surface area contributed by atoms with Crippen molar-refractivity contribution in [3.63, 3.8) is 0 Å². The van der Waals surface area contributed by atoms with Crippen LogP contribution in [0.15, 0.2) is 24.5 Å². The van der Waals surface area contributed by atoms with Gasteiger partial charge in [-0.15, -0.1) is 0 Å². The summed E-state index contributed by atoms with van der Waals surface area (Å²) in [6.45, 7) is 4.27. The minimum absolute atomic E-state index is 0.103. The maximum atomic E-state index is 11.9. The highest BCUT2D eigenvalue weighted by Gasteiger charge is 2.16. The summed E-state index contributed by atoms with van der Waals surface area (Å²) in [6.07, 6.45) is 5.41. The summed E-state index contributed by atoms with van der Waals surface area (Å²) in [5.41, 5.74) is 0.954. The maximum Gasteiger partial charge on any atom is 0.221 e. The molecule has 0 fully saturated rings. The standard InChI is InChI=1S/C14H23N3O3S/c1-11(2)9-13(12-5-4-7-15-10-12)17-14(18)6-8-16-21(3,19)20/h4-5,7,10-11,13,16H,6,8-9H2,1-3H3,(H,17,18). The molecule has 1 aromatic heterocycles. The van der Waals surface area contributed by atoms with Gasteiger partial charge >= 0.3 is 0 Å². The third-order valence-electron chi connectivity index (χ3n) is 2.85. The number of pyridine rings is 1. The molecule has 1 aromatic rings. The van der Waals surface area contributed by atoms with Gasteiger partial charge < -0.3 is 5.32 Å². The average Bonchev–Trinajstić information content (AvgIpc) is 2.37. The topological polar surface area (TPSA) is 88.2 Å². The first-order chi connectivity index (χ1) is 9.78. The highest BCUT2D eigenvalue weighted by molar-refractivity contribution is 7.88. The zero-order valence-corrected chi connectivity index (χ0v) is 13.5. The number of nitrogens with one attached hydrogen (secondary N) is 2. The van der Waals surface area contributed by atoms with E-state index < -0.39 is 10.0 Å². The fraction of sp³-hybridized carbons (Fsp3) is 0.571. The molecule has 118 valence electrons. The molecule has 0 saturated heterocycles. The number of carbonyl (C=O) groups excluding carboxylic acids is 1. The van der Waals surface area contributed by atoms with E-state index in [1.807, 2.05) is 12.1 Å². The summed E-state index contributed by atoms with van der Waals surface area (Å²) in [6, 6.07) is 3.65. The van der Waals surface area contributed by atoms with Crippen molar-refractivity contribution in [1.29, 1.82) is 0 Å². The molecule has 1 atom stereocenters. The van der Waals surface area contributed by atoms with Crippen LogP contribution >= 0.6 is 0 Å². The van der Waals surface area contributed by atoms with Crippen LogP contribution < -0.4 is 10.0 Å². The minimum Gasteiger partial charge on any atom is -0.349 e. The molecule has 1 amide bonds. The largest absolute Gasteiger partial charge is 0.349 e. The highest BCUT2D eigenvalue weighted by atomic mass is 32.2. The lowest BCUT2D eigenvalue weighted by atomic mass is 9.98. The van der Waals surface area contributed by atoms with Crippen LogP contribution in [0.4, 0.5) is 0 Å². The highest BCUT2D eigenvalue weighted by Crippen LogP contribution is 2.20. The van der Waals surface area contributed by atoms with Gasteiger partial charge in [0.2, 0.25) is 15.9 Å². The number of rotatable bonds is 8. The van der Waals surface area contributed by atoms with Crippen molar-refractivity contribution in [2.24, 2.45) is 5.92 Å². The van der Waals surface area contributed by atoms with Gasteiger partial charge in [0.05, 0.1) is 12.3 Å². The second-order valence-electron chi connectivity index (χ2n) is 5.45. The summed E-state index contributed by atoms with van der Waals surface area (Å²) >= 11 is 0. The Hall–Kier alpha value is -1.47. The Bertz CT molecular complexity index is 544. The number of hydrogen-bond acceptors (Lipinski definition) is 4. The lowest BCUT2D eigenvalue weighted by molar-refractivity contribution is -0.121. The number of nitrogens with zero attached hydrogens (tertiary/aromatic N) is 1. The van der Waals surface area contributed by atoms with E-state index in [0.29, 0.717) is 5.92 Å². The molecule has 1 unspecified atom stereocenters. The summed E-state index contributed by atoms with van der Waals surface area (Å²) in [7, 11) is -3.26. The van der Waals surface area contributed by atoms with Crippen molar-refractivity contribution < 1.29 is 13.2 Å². The molecule has 0 saturated carbocycles. The van der Waals surface area contributed by atoms with Gasteiger partial charge in [0, 0.05) is 25.4 Å². The molecule has 0 aliphatic carbocycles. The van der Waals surface area contributed by atoms with Crippen LogP contribution in [0.3, 0.4) is 0 Å². The summed E-state index contributed by atoms with van der Waals surface area (Å²) < 4.78 is 24.2. The molecule has 0 aliphatic rings. The molecule has 21 heavy (non-hydrogen) atoms. The summed E-state index contributed by atoms with van der Waals surface area (Å²) in [5.74, 6) is 0.241. The van der Waals surface area contributed by atoms with Gasteiger partial charge in [-0.3, -0.25) is 9.78 Å². The van der Waals surface area contributed by atoms with E-state index in [-0.39, 0.29) is 24.9 Å². The van der Waals surface area contributed by atoms with Crippen molar-refractivity contribution in [3.05, 3.63) is 30.1 Å². The first-order valence-electron chi connectivity index (χ1n) is 6.92. The molecular formula is C14H23N3O3S. The van der Waals surface area contributed by atoms with Crippen LogP contribution in [0.25, 0.3) is 0 Å². The Morgan fingerprint density at radius 1 is 1.38 bits per heavy atom. The van der Waals surface area contributed by atoms with Gasteiger partial charge in [0.25, 0.3) is 0 Å². The molecule has 6 nitrogen and oxygen atoms in total. The number of sulfonamides is 1. The Morgan fingerprint density at radius 2 is 2.10 bits per heavy atom. The van der Waals surface area contributed by atoms with E-state index in [1.165, 1.54) is 0 Å². The van der Waals surface area contributed by atoms with E-state index in [9.17, 15) is 13.2 Å². The molecule has 0 spiro atoms. The lowest BCUT2D eigenvalue weighted by Gasteiger charge is -2.20. The number of carbonyl (C=O) groups is 1. The van der Waals surface area contributed by atoms with Crippen LogP contribution in [0.2, 0.25) is 0 Å². The predicted octanol–water partition coefficient (Wildman–Crippen LogP) is 1.22. The molecule has 0 aliphatic heterocycles.